The summed E-state index contributed by atoms with van der Waals surface area (Å²) in [5.41, 5.74) is 0.823. The van der Waals surface area contributed by atoms with E-state index in [0.29, 0.717) is 17.5 Å². The van der Waals surface area contributed by atoms with Gasteiger partial charge < -0.3 is 0 Å². The molecule has 1 aromatic carbocycles. The van der Waals surface area contributed by atoms with Crippen LogP contribution in [0.3, 0.4) is 0 Å². The minimum atomic E-state index is -0.360. The normalized spacial score (nSPS) is 14.4. The Kier molecular flexibility index (Phi) is 1.76. The first-order valence-corrected chi connectivity index (χ1v) is 4.31. The number of allylic oxidation sites excluding steroid dienone is 1. The van der Waals surface area contributed by atoms with Crippen LogP contribution in [0.5, 0.6) is 0 Å². The van der Waals surface area contributed by atoms with Gasteiger partial charge in [-0.2, -0.15) is 0 Å². The third-order valence-electron chi connectivity index (χ3n) is 1.89. The Morgan fingerprint density at radius 2 is 1.83 bits per heavy atom. The number of fused-ring (bicyclic) bond motifs is 1. The Morgan fingerprint density at radius 1 is 1.17 bits per heavy atom. The molecule has 0 atom stereocenters. The molecule has 0 aliphatic heterocycles. The van der Waals surface area contributed by atoms with Crippen molar-refractivity contribution in [2.75, 3.05) is 0 Å². The second-order valence-electron chi connectivity index (χ2n) is 2.69. The highest BCUT2D eigenvalue weighted by atomic mass is 79.9. The SMILES string of the molecule is Fc1ccc(F)c2c1C=C(Br)C2. The van der Waals surface area contributed by atoms with Crippen molar-refractivity contribution in [2.24, 2.45) is 0 Å². The van der Waals surface area contributed by atoms with Gasteiger partial charge in [0.2, 0.25) is 0 Å². The van der Waals surface area contributed by atoms with Gasteiger partial charge in [-0.15, -0.1) is 0 Å². The summed E-state index contributed by atoms with van der Waals surface area (Å²) in [6.07, 6.45) is 2.08. The van der Waals surface area contributed by atoms with Gasteiger partial charge in [-0.05, 0) is 18.2 Å². The summed E-state index contributed by atoms with van der Waals surface area (Å²) < 4.78 is 26.9. The van der Waals surface area contributed by atoms with Gasteiger partial charge in [-0.25, -0.2) is 8.78 Å². The number of benzene rings is 1. The molecule has 0 saturated heterocycles. The van der Waals surface area contributed by atoms with Crippen LogP contribution in [0.15, 0.2) is 16.6 Å². The molecule has 0 saturated carbocycles. The van der Waals surface area contributed by atoms with Gasteiger partial charge in [0.25, 0.3) is 0 Å². The molecule has 0 bridgehead atoms. The van der Waals surface area contributed by atoms with Gasteiger partial charge in [-0.3, -0.25) is 0 Å². The molecule has 62 valence electrons. The predicted octanol–water partition coefficient (Wildman–Crippen LogP) is 3.26. The molecule has 0 fully saturated rings. The van der Waals surface area contributed by atoms with Gasteiger partial charge in [0.15, 0.2) is 0 Å². The Balaban J connectivity index is 2.66. The van der Waals surface area contributed by atoms with E-state index in [9.17, 15) is 8.78 Å². The molecule has 3 heteroatoms. The van der Waals surface area contributed by atoms with Gasteiger partial charge in [0.1, 0.15) is 11.6 Å². The highest BCUT2D eigenvalue weighted by molar-refractivity contribution is 9.11. The summed E-state index contributed by atoms with van der Waals surface area (Å²) in [6, 6.07) is 2.31. The minimum Gasteiger partial charge on any atom is -0.207 e. The second kappa shape index (κ2) is 2.66. The smallest absolute Gasteiger partial charge is 0.130 e. The second-order valence-corrected chi connectivity index (χ2v) is 3.71. The Hall–Kier alpha value is -0.700. The molecule has 0 unspecified atom stereocenters. The van der Waals surface area contributed by atoms with Crippen molar-refractivity contribution in [1.29, 1.82) is 0 Å². The first kappa shape index (κ1) is 7.92. The average molecular weight is 231 g/mol. The molecule has 1 aliphatic rings. The van der Waals surface area contributed by atoms with Crippen LogP contribution < -0.4 is 0 Å². The maximum atomic E-state index is 13.0. The predicted molar refractivity (Wildman–Crippen MR) is 47.0 cm³/mol. The number of rotatable bonds is 0. The van der Waals surface area contributed by atoms with Crippen LogP contribution >= 0.6 is 15.9 Å². The van der Waals surface area contributed by atoms with E-state index in [4.69, 9.17) is 0 Å². The molecule has 1 aliphatic carbocycles. The molecule has 0 spiro atoms. The summed E-state index contributed by atoms with van der Waals surface area (Å²) in [7, 11) is 0. The number of hydrogen-bond donors (Lipinski definition) is 0. The van der Waals surface area contributed by atoms with Crippen LogP contribution in [0.2, 0.25) is 0 Å². The highest BCUT2D eigenvalue weighted by Gasteiger charge is 2.18. The quantitative estimate of drug-likeness (QED) is 0.642. The Morgan fingerprint density at radius 3 is 2.50 bits per heavy atom. The summed E-state index contributed by atoms with van der Waals surface area (Å²) in [5.74, 6) is -0.696. The molecular formula is C9H5BrF2. The van der Waals surface area contributed by atoms with Crippen LogP contribution in [-0.2, 0) is 6.42 Å². The molecule has 2 rings (SSSR count). The average Bonchev–Trinajstić information content (AvgIpc) is 2.41. The van der Waals surface area contributed by atoms with E-state index in [1.807, 2.05) is 0 Å². The van der Waals surface area contributed by atoms with Crippen LogP contribution in [0.4, 0.5) is 8.78 Å². The van der Waals surface area contributed by atoms with Crippen LogP contribution in [-0.4, -0.2) is 0 Å². The van der Waals surface area contributed by atoms with E-state index < -0.39 is 0 Å². The van der Waals surface area contributed by atoms with Crippen molar-refractivity contribution < 1.29 is 8.78 Å². The molecule has 12 heavy (non-hydrogen) atoms. The molecule has 0 aromatic heterocycles. The third kappa shape index (κ3) is 1.08. The zero-order chi connectivity index (χ0) is 8.72. The molecule has 1 aromatic rings. The maximum Gasteiger partial charge on any atom is 0.130 e. The lowest BCUT2D eigenvalue weighted by atomic mass is 10.1. The van der Waals surface area contributed by atoms with E-state index >= 15 is 0 Å². The fraction of sp³-hybridized carbons (Fsp3) is 0.111. The van der Waals surface area contributed by atoms with Crippen LogP contribution in [0, 0.1) is 11.6 Å². The van der Waals surface area contributed by atoms with E-state index in [-0.39, 0.29) is 11.6 Å². The van der Waals surface area contributed by atoms with Crippen molar-refractivity contribution in [1.82, 2.24) is 0 Å². The Labute approximate surface area is 77.0 Å². The number of halogens is 3. The molecular weight excluding hydrogens is 226 g/mol. The molecule has 0 radical (unpaired) electrons. The van der Waals surface area contributed by atoms with Crippen molar-refractivity contribution >= 4 is 22.0 Å². The summed E-state index contributed by atoms with van der Waals surface area (Å²) in [5, 5.41) is 0. The van der Waals surface area contributed by atoms with Crippen LogP contribution in [0.25, 0.3) is 6.08 Å². The maximum absolute atomic E-state index is 13.0. The van der Waals surface area contributed by atoms with Gasteiger partial charge in [0.05, 0.1) is 0 Å². The van der Waals surface area contributed by atoms with Gasteiger partial charge in [-0.1, -0.05) is 15.9 Å². The van der Waals surface area contributed by atoms with Crippen molar-refractivity contribution in [2.45, 2.75) is 6.42 Å². The highest BCUT2D eigenvalue weighted by Crippen LogP contribution is 2.31. The fourth-order valence-electron chi connectivity index (χ4n) is 1.32. The molecule has 0 heterocycles. The van der Waals surface area contributed by atoms with Crippen LogP contribution in [0.1, 0.15) is 11.1 Å². The van der Waals surface area contributed by atoms with E-state index in [1.54, 1.807) is 6.08 Å². The summed E-state index contributed by atoms with van der Waals surface area (Å²) in [6.45, 7) is 0. The summed E-state index contributed by atoms with van der Waals surface area (Å²) >= 11 is 3.22. The topological polar surface area (TPSA) is 0 Å². The van der Waals surface area contributed by atoms with E-state index in [2.05, 4.69) is 15.9 Å². The monoisotopic (exact) mass is 230 g/mol. The zero-order valence-electron chi connectivity index (χ0n) is 6.07. The van der Waals surface area contributed by atoms with Gasteiger partial charge in [0, 0.05) is 22.0 Å². The lowest BCUT2D eigenvalue weighted by Crippen LogP contribution is -1.91. The minimum absolute atomic E-state index is 0.336. The van der Waals surface area contributed by atoms with Crippen molar-refractivity contribution in [3.05, 3.63) is 39.4 Å². The fourth-order valence-corrected chi connectivity index (χ4v) is 1.83. The molecule has 0 N–H and O–H groups in total. The standard InChI is InChI=1S/C9H5BrF2/c10-5-3-6-7(4-5)9(12)2-1-8(6)11/h1-3H,4H2. The first-order chi connectivity index (χ1) is 5.68. The third-order valence-corrected chi connectivity index (χ3v) is 2.40. The number of hydrogen-bond acceptors (Lipinski definition) is 0. The van der Waals surface area contributed by atoms with E-state index in [0.717, 1.165) is 16.6 Å². The Bertz CT molecular complexity index is 369. The summed E-state index contributed by atoms with van der Waals surface area (Å²) in [4.78, 5) is 0. The zero-order valence-corrected chi connectivity index (χ0v) is 7.66. The van der Waals surface area contributed by atoms with E-state index in [1.165, 1.54) is 0 Å². The lowest BCUT2D eigenvalue weighted by Gasteiger charge is -2.00. The largest absolute Gasteiger partial charge is 0.207 e. The first-order valence-electron chi connectivity index (χ1n) is 3.51. The van der Waals surface area contributed by atoms with Crippen molar-refractivity contribution in [3.63, 3.8) is 0 Å². The molecule has 0 nitrogen and oxygen atoms in total. The lowest BCUT2D eigenvalue weighted by molar-refractivity contribution is 0.589. The van der Waals surface area contributed by atoms with Gasteiger partial charge >= 0.3 is 0 Å². The molecule has 0 amide bonds. The van der Waals surface area contributed by atoms with Crippen molar-refractivity contribution in [3.8, 4) is 0 Å².